The monoisotopic (exact) mass is 310 g/mol. The van der Waals surface area contributed by atoms with Crippen LogP contribution < -0.4 is 16.4 Å². The molecule has 0 radical (unpaired) electrons. The van der Waals surface area contributed by atoms with Crippen molar-refractivity contribution in [2.75, 3.05) is 17.6 Å². The van der Waals surface area contributed by atoms with Crippen LogP contribution in [0.15, 0.2) is 0 Å². The minimum absolute atomic E-state index is 0.0825. The Balaban J connectivity index is 1.98. The summed E-state index contributed by atoms with van der Waals surface area (Å²) in [6, 6.07) is 0.254. The van der Waals surface area contributed by atoms with Gasteiger partial charge in [-0.15, -0.1) is 0 Å². The minimum atomic E-state index is -0.0825. The molecule has 1 heterocycles. The Kier molecular flexibility index (Phi) is 5.45. The molecule has 1 aliphatic carbocycles. The number of amides is 1. The number of anilines is 2. The zero-order chi connectivity index (χ0) is 15.4. The summed E-state index contributed by atoms with van der Waals surface area (Å²) in [5, 5.41) is 7.03. The van der Waals surface area contributed by atoms with E-state index in [0.717, 1.165) is 30.9 Å². The summed E-state index contributed by atoms with van der Waals surface area (Å²) in [5.41, 5.74) is 5.87. The van der Waals surface area contributed by atoms with Crippen LogP contribution in [0.25, 0.3) is 0 Å². The maximum atomic E-state index is 12.4. The third kappa shape index (κ3) is 4.33. The van der Waals surface area contributed by atoms with Crippen LogP contribution in [0.2, 0.25) is 0 Å². The van der Waals surface area contributed by atoms with Crippen LogP contribution in [0.1, 0.15) is 56.1 Å². The highest BCUT2D eigenvalue weighted by Crippen LogP contribution is 2.30. The van der Waals surface area contributed by atoms with Crippen LogP contribution in [-0.4, -0.2) is 23.5 Å². The molecule has 118 valence electrons. The van der Waals surface area contributed by atoms with Gasteiger partial charge in [0, 0.05) is 12.6 Å². The second kappa shape index (κ2) is 7.11. The van der Waals surface area contributed by atoms with Crippen LogP contribution in [0, 0.1) is 11.8 Å². The molecule has 6 heteroatoms. The Bertz CT molecular complexity index is 478. The fraction of sp³-hybridized carbons (Fsp3) is 0.733. The van der Waals surface area contributed by atoms with Gasteiger partial charge in [0.05, 0.1) is 0 Å². The van der Waals surface area contributed by atoms with Gasteiger partial charge in [0.15, 0.2) is 5.13 Å². The van der Waals surface area contributed by atoms with Gasteiger partial charge in [-0.05, 0) is 37.5 Å². The predicted octanol–water partition coefficient (Wildman–Crippen LogP) is 3.10. The van der Waals surface area contributed by atoms with E-state index in [9.17, 15) is 4.79 Å². The van der Waals surface area contributed by atoms with Gasteiger partial charge in [0.1, 0.15) is 10.7 Å². The number of nitrogens with two attached hydrogens (primary N) is 1. The van der Waals surface area contributed by atoms with Crippen molar-refractivity contribution in [2.45, 2.75) is 52.5 Å². The van der Waals surface area contributed by atoms with Gasteiger partial charge in [-0.1, -0.05) is 32.1 Å². The Labute approximate surface area is 130 Å². The third-order valence-corrected chi connectivity index (χ3v) is 4.93. The van der Waals surface area contributed by atoms with E-state index in [4.69, 9.17) is 5.73 Å². The highest BCUT2D eigenvalue weighted by molar-refractivity contribution is 7.18. The fourth-order valence-electron chi connectivity index (χ4n) is 3.12. The summed E-state index contributed by atoms with van der Waals surface area (Å²) < 4.78 is 0. The molecule has 0 aromatic carbocycles. The lowest BCUT2D eigenvalue weighted by atomic mass is 9.80. The zero-order valence-electron chi connectivity index (χ0n) is 13.1. The molecule has 0 bridgehead atoms. The van der Waals surface area contributed by atoms with Crippen molar-refractivity contribution in [3.05, 3.63) is 4.88 Å². The first-order chi connectivity index (χ1) is 9.99. The Morgan fingerprint density at radius 2 is 2.00 bits per heavy atom. The average Bonchev–Trinajstić information content (AvgIpc) is 2.76. The van der Waals surface area contributed by atoms with Crippen molar-refractivity contribution in [3.8, 4) is 0 Å². The SMILES string of the molecule is CCCNc1nc(N)c(C(=O)NC2CC(C)CC(C)C2)s1. The fourth-order valence-corrected chi connectivity index (χ4v) is 3.93. The molecule has 0 saturated heterocycles. The molecule has 2 atom stereocenters. The van der Waals surface area contributed by atoms with E-state index in [1.54, 1.807) is 0 Å². The first-order valence-electron chi connectivity index (χ1n) is 7.80. The lowest BCUT2D eigenvalue weighted by molar-refractivity contribution is 0.0916. The zero-order valence-corrected chi connectivity index (χ0v) is 13.9. The minimum Gasteiger partial charge on any atom is -0.382 e. The number of hydrogen-bond donors (Lipinski definition) is 3. The highest BCUT2D eigenvalue weighted by atomic mass is 32.1. The van der Waals surface area contributed by atoms with Gasteiger partial charge in [-0.25, -0.2) is 4.98 Å². The van der Waals surface area contributed by atoms with Crippen molar-refractivity contribution < 1.29 is 4.79 Å². The summed E-state index contributed by atoms with van der Waals surface area (Å²) in [5.74, 6) is 1.58. The first-order valence-corrected chi connectivity index (χ1v) is 8.62. The van der Waals surface area contributed by atoms with Gasteiger partial charge in [0.2, 0.25) is 0 Å². The molecule has 5 nitrogen and oxygen atoms in total. The number of nitrogens with zero attached hydrogens (tertiary/aromatic N) is 1. The average molecular weight is 310 g/mol. The molecule has 1 aliphatic rings. The number of nitrogens with one attached hydrogen (secondary N) is 2. The quantitative estimate of drug-likeness (QED) is 0.780. The molecule has 1 aromatic heterocycles. The van der Waals surface area contributed by atoms with E-state index in [0.29, 0.717) is 22.5 Å². The molecule has 0 spiro atoms. The van der Waals surface area contributed by atoms with Crippen LogP contribution in [-0.2, 0) is 0 Å². The number of thiazole rings is 1. The number of hydrogen-bond acceptors (Lipinski definition) is 5. The van der Waals surface area contributed by atoms with E-state index in [1.807, 2.05) is 0 Å². The first kappa shape index (κ1) is 16.1. The number of carbonyl (C=O) groups is 1. The second-order valence-corrected chi connectivity index (χ2v) is 7.25. The number of aromatic nitrogens is 1. The molecule has 1 saturated carbocycles. The molecule has 4 N–H and O–H groups in total. The van der Waals surface area contributed by atoms with Crippen molar-refractivity contribution in [2.24, 2.45) is 11.8 Å². The summed E-state index contributed by atoms with van der Waals surface area (Å²) in [7, 11) is 0. The molecule has 1 aromatic rings. The van der Waals surface area contributed by atoms with Gasteiger partial charge in [0.25, 0.3) is 5.91 Å². The maximum Gasteiger partial charge on any atom is 0.265 e. The van der Waals surface area contributed by atoms with Crippen molar-refractivity contribution in [3.63, 3.8) is 0 Å². The van der Waals surface area contributed by atoms with Crippen molar-refractivity contribution in [1.29, 1.82) is 0 Å². The molecule has 21 heavy (non-hydrogen) atoms. The second-order valence-electron chi connectivity index (χ2n) is 6.25. The maximum absolute atomic E-state index is 12.4. The molecule has 2 rings (SSSR count). The Morgan fingerprint density at radius 3 is 2.62 bits per heavy atom. The summed E-state index contributed by atoms with van der Waals surface area (Å²) in [4.78, 5) is 17.1. The number of nitrogen functional groups attached to an aromatic ring is 1. The van der Waals surface area contributed by atoms with Crippen molar-refractivity contribution >= 4 is 28.2 Å². The molecule has 0 aliphatic heterocycles. The van der Waals surface area contributed by atoms with E-state index in [-0.39, 0.29) is 11.9 Å². The van der Waals surface area contributed by atoms with Gasteiger partial charge in [-0.3, -0.25) is 4.79 Å². The van der Waals surface area contributed by atoms with Gasteiger partial charge in [-0.2, -0.15) is 0 Å². The Morgan fingerprint density at radius 1 is 1.33 bits per heavy atom. The summed E-state index contributed by atoms with van der Waals surface area (Å²) >= 11 is 1.34. The largest absolute Gasteiger partial charge is 0.382 e. The summed E-state index contributed by atoms with van der Waals surface area (Å²) in [6.45, 7) is 7.43. The molecular weight excluding hydrogens is 284 g/mol. The number of rotatable bonds is 5. The third-order valence-electron chi connectivity index (χ3n) is 3.90. The van der Waals surface area contributed by atoms with Gasteiger partial charge >= 0.3 is 0 Å². The van der Waals surface area contributed by atoms with E-state index >= 15 is 0 Å². The van der Waals surface area contributed by atoms with Crippen molar-refractivity contribution in [1.82, 2.24) is 10.3 Å². The standard InChI is InChI=1S/C15H26N4OS/c1-4-5-17-15-19-13(16)12(21-15)14(20)18-11-7-9(2)6-10(3)8-11/h9-11H,4-8,16H2,1-3H3,(H,17,19)(H,18,20). The highest BCUT2D eigenvalue weighted by Gasteiger charge is 2.26. The topological polar surface area (TPSA) is 80.0 Å². The molecular formula is C15H26N4OS. The van der Waals surface area contributed by atoms with Crippen LogP contribution >= 0.6 is 11.3 Å². The molecule has 1 amide bonds. The molecule has 2 unspecified atom stereocenters. The van der Waals surface area contributed by atoms with E-state index in [1.165, 1.54) is 17.8 Å². The van der Waals surface area contributed by atoms with E-state index in [2.05, 4.69) is 36.4 Å². The van der Waals surface area contributed by atoms with Crippen LogP contribution in [0.5, 0.6) is 0 Å². The van der Waals surface area contributed by atoms with Crippen LogP contribution in [0.4, 0.5) is 10.9 Å². The smallest absolute Gasteiger partial charge is 0.265 e. The Hall–Kier alpha value is -1.30. The lowest BCUT2D eigenvalue weighted by Gasteiger charge is -2.31. The van der Waals surface area contributed by atoms with E-state index < -0.39 is 0 Å². The molecule has 1 fully saturated rings. The van der Waals surface area contributed by atoms with Crippen LogP contribution in [0.3, 0.4) is 0 Å². The predicted molar refractivity (Wildman–Crippen MR) is 88.7 cm³/mol. The number of carbonyl (C=O) groups excluding carboxylic acids is 1. The lowest BCUT2D eigenvalue weighted by Crippen LogP contribution is -2.39. The summed E-state index contributed by atoms with van der Waals surface area (Å²) in [6.07, 6.45) is 4.37. The normalized spacial score (nSPS) is 25.6. The van der Waals surface area contributed by atoms with Gasteiger partial charge < -0.3 is 16.4 Å².